The molecule has 0 bridgehead atoms. The Kier molecular flexibility index (Phi) is 5.45. The van der Waals surface area contributed by atoms with Crippen LogP contribution < -0.4 is 11.4 Å². The molecule has 5 N–H and O–H groups in total. The van der Waals surface area contributed by atoms with Crippen molar-refractivity contribution in [3.63, 3.8) is 0 Å². The summed E-state index contributed by atoms with van der Waals surface area (Å²) in [4.78, 5) is 33.4. The molecule has 0 aromatic carbocycles. The van der Waals surface area contributed by atoms with Gasteiger partial charge in [-0.05, 0) is 6.92 Å². The number of ether oxygens (including phenoxy) is 2. The monoisotopic (exact) mass is 365 g/mol. The molecule has 1 saturated heterocycles. The van der Waals surface area contributed by atoms with Crippen LogP contribution in [0.1, 0.15) is 18.2 Å². The summed E-state index contributed by atoms with van der Waals surface area (Å²) in [5, 5.41) is 10.3. The Balaban J connectivity index is 2.30. The summed E-state index contributed by atoms with van der Waals surface area (Å²) in [6.45, 7) is 0.850. The maximum Gasteiger partial charge on any atom is 0.469 e. The van der Waals surface area contributed by atoms with E-state index in [4.69, 9.17) is 25.0 Å². The van der Waals surface area contributed by atoms with Crippen LogP contribution in [-0.2, 0) is 18.6 Å². The summed E-state index contributed by atoms with van der Waals surface area (Å²) in [6.07, 6.45) is -0.665. The molecule has 0 radical (unpaired) electrons. The van der Waals surface area contributed by atoms with E-state index in [0.717, 1.165) is 4.57 Å². The zero-order valence-corrected chi connectivity index (χ0v) is 14.0. The number of nitrogen functional groups attached to an aromatic ring is 1. The van der Waals surface area contributed by atoms with E-state index in [2.05, 4.69) is 9.51 Å². The molecule has 1 aliphatic rings. The third-order valence-electron chi connectivity index (χ3n) is 3.75. The third-order valence-corrected chi connectivity index (χ3v) is 4.22. The van der Waals surface area contributed by atoms with Crippen LogP contribution in [0, 0.1) is 6.92 Å². The van der Waals surface area contributed by atoms with E-state index in [9.17, 15) is 14.5 Å². The minimum absolute atomic E-state index is 0.0151. The molecule has 11 nitrogen and oxygen atoms in total. The van der Waals surface area contributed by atoms with Crippen molar-refractivity contribution in [3.8, 4) is 0 Å². The lowest BCUT2D eigenvalue weighted by molar-refractivity contribution is -0.154. The van der Waals surface area contributed by atoms with Crippen molar-refractivity contribution in [2.75, 3.05) is 26.1 Å². The molecule has 2 heterocycles. The number of nitrogens with zero attached hydrogens (tertiary/aromatic N) is 2. The van der Waals surface area contributed by atoms with Gasteiger partial charge in [-0.1, -0.05) is 0 Å². The number of aliphatic hydroxyl groups is 1. The minimum atomic E-state index is -4.77. The molecule has 0 amide bonds. The maximum absolute atomic E-state index is 12.0. The molecule has 1 aromatic rings. The van der Waals surface area contributed by atoms with Crippen molar-refractivity contribution < 1.29 is 33.5 Å². The maximum atomic E-state index is 12.0. The zero-order valence-electron chi connectivity index (χ0n) is 13.2. The first-order chi connectivity index (χ1) is 11.1. The van der Waals surface area contributed by atoms with E-state index in [1.54, 1.807) is 6.92 Å². The van der Waals surface area contributed by atoms with E-state index >= 15 is 0 Å². The number of methoxy groups -OCH3 is 1. The smallest absolute Gasteiger partial charge is 0.390 e. The average molecular weight is 365 g/mol. The summed E-state index contributed by atoms with van der Waals surface area (Å²) in [5.41, 5.74) is 3.92. The number of phosphoric acid groups is 1. The van der Waals surface area contributed by atoms with Crippen molar-refractivity contribution >= 4 is 13.6 Å². The molecule has 2 rings (SSSR count). The molecule has 24 heavy (non-hydrogen) atoms. The van der Waals surface area contributed by atoms with Gasteiger partial charge in [-0.2, -0.15) is 4.98 Å². The van der Waals surface area contributed by atoms with Crippen LogP contribution >= 0.6 is 7.82 Å². The Morgan fingerprint density at radius 1 is 1.54 bits per heavy atom. The number of nitrogens with two attached hydrogens (primary N) is 1. The number of rotatable bonds is 6. The Morgan fingerprint density at radius 3 is 2.79 bits per heavy atom. The Bertz CT molecular complexity index is 704. The SMILES string of the molecule is COC[C@]1(COP(=O)(O)O)O[C@@H](n2cc(C)c(N)nc2=O)C[C@@H]1O. The van der Waals surface area contributed by atoms with Gasteiger partial charge in [0.15, 0.2) is 0 Å². The second-order valence-corrected chi connectivity index (χ2v) is 6.82. The van der Waals surface area contributed by atoms with Crippen molar-refractivity contribution in [1.29, 1.82) is 0 Å². The molecule has 0 unspecified atom stereocenters. The minimum Gasteiger partial charge on any atom is -0.390 e. The molecular formula is C12H20N3O8P. The van der Waals surface area contributed by atoms with Crippen LogP contribution in [-0.4, -0.2) is 56.5 Å². The molecule has 12 heteroatoms. The van der Waals surface area contributed by atoms with Gasteiger partial charge in [0, 0.05) is 25.3 Å². The summed E-state index contributed by atoms with van der Waals surface area (Å²) in [5.74, 6) is 0.0859. The highest BCUT2D eigenvalue weighted by Gasteiger charge is 2.50. The Hall–Kier alpha value is -1.33. The number of hydrogen-bond donors (Lipinski definition) is 4. The summed E-state index contributed by atoms with van der Waals surface area (Å²) >= 11 is 0. The molecule has 0 saturated carbocycles. The number of aromatic nitrogens is 2. The second-order valence-electron chi connectivity index (χ2n) is 5.58. The number of hydrogen-bond acceptors (Lipinski definition) is 8. The zero-order chi connectivity index (χ0) is 18.1. The highest BCUT2D eigenvalue weighted by atomic mass is 31.2. The molecule has 136 valence electrons. The van der Waals surface area contributed by atoms with E-state index in [1.165, 1.54) is 13.3 Å². The summed E-state index contributed by atoms with van der Waals surface area (Å²) < 4.78 is 27.3. The third kappa shape index (κ3) is 4.01. The van der Waals surface area contributed by atoms with Crippen molar-refractivity contribution in [1.82, 2.24) is 9.55 Å². The quantitative estimate of drug-likeness (QED) is 0.455. The fourth-order valence-corrected chi connectivity index (χ4v) is 2.89. The van der Waals surface area contributed by atoms with Gasteiger partial charge in [0.2, 0.25) is 0 Å². The Morgan fingerprint density at radius 2 is 2.21 bits per heavy atom. The lowest BCUT2D eigenvalue weighted by Crippen LogP contribution is -2.48. The van der Waals surface area contributed by atoms with Gasteiger partial charge in [-0.25, -0.2) is 9.36 Å². The van der Waals surface area contributed by atoms with Gasteiger partial charge in [0.1, 0.15) is 17.6 Å². The molecule has 0 spiro atoms. The van der Waals surface area contributed by atoms with Gasteiger partial charge in [0.25, 0.3) is 0 Å². The van der Waals surface area contributed by atoms with Gasteiger partial charge in [0.05, 0.1) is 19.3 Å². The van der Waals surface area contributed by atoms with Crippen LogP contribution in [0.15, 0.2) is 11.0 Å². The van der Waals surface area contributed by atoms with E-state index < -0.39 is 38.1 Å². The fourth-order valence-electron chi connectivity index (χ4n) is 2.50. The van der Waals surface area contributed by atoms with Crippen LogP contribution in [0.25, 0.3) is 0 Å². The van der Waals surface area contributed by atoms with E-state index in [-0.39, 0.29) is 18.8 Å². The van der Waals surface area contributed by atoms with Crippen LogP contribution in [0.3, 0.4) is 0 Å². The number of aliphatic hydroxyl groups excluding tert-OH is 1. The molecule has 3 atom stereocenters. The number of phosphoric ester groups is 1. The largest absolute Gasteiger partial charge is 0.469 e. The topological polar surface area (TPSA) is 166 Å². The lowest BCUT2D eigenvalue weighted by atomic mass is 9.99. The summed E-state index contributed by atoms with van der Waals surface area (Å²) in [6, 6.07) is 0. The van der Waals surface area contributed by atoms with E-state index in [0.29, 0.717) is 5.56 Å². The second kappa shape index (κ2) is 6.89. The van der Waals surface area contributed by atoms with Crippen LogP contribution in [0.2, 0.25) is 0 Å². The predicted octanol–water partition coefficient (Wildman–Crippen LogP) is -1.09. The highest BCUT2D eigenvalue weighted by Crippen LogP contribution is 2.42. The van der Waals surface area contributed by atoms with Crippen molar-refractivity contribution in [3.05, 3.63) is 22.2 Å². The first-order valence-corrected chi connectivity index (χ1v) is 8.51. The molecule has 1 aromatic heterocycles. The van der Waals surface area contributed by atoms with Crippen molar-refractivity contribution in [2.45, 2.75) is 31.3 Å². The molecule has 0 aliphatic carbocycles. The lowest BCUT2D eigenvalue weighted by Gasteiger charge is -2.31. The molecule has 1 fully saturated rings. The normalized spacial score (nSPS) is 27.5. The number of anilines is 1. The first kappa shape index (κ1) is 19.0. The van der Waals surface area contributed by atoms with Crippen molar-refractivity contribution in [2.24, 2.45) is 0 Å². The number of aryl methyl sites for hydroxylation is 1. The predicted molar refractivity (Wildman–Crippen MR) is 81.0 cm³/mol. The first-order valence-electron chi connectivity index (χ1n) is 6.98. The average Bonchev–Trinajstić information content (AvgIpc) is 2.78. The Labute approximate surface area is 137 Å². The van der Waals surface area contributed by atoms with Crippen LogP contribution in [0.5, 0.6) is 0 Å². The van der Waals surface area contributed by atoms with Gasteiger partial charge in [-0.3, -0.25) is 9.09 Å². The van der Waals surface area contributed by atoms with E-state index in [1.807, 2.05) is 0 Å². The molecule has 1 aliphatic heterocycles. The molecular weight excluding hydrogens is 345 g/mol. The summed E-state index contributed by atoms with van der Waals surface area (Å²) in [7, 11) is -3.43. The highest BCUT2D eigenvalue weighted by molar-refractivity contribution is 7.46. The van der Waals surface area contributed by atoms with Gasteiger partial charge < -0.3 is 30.1 Å². The fraction of sp³-hybridized carbons (Fsp3) is 0.667. The van der Waals surface area contributed by atoms with Crippen LogP contribution in [0.4, 0.5) is 5.82 Å². The standard InChI is InChI=1S/C12H20N3O8P/c1-7-4-15(11(17)14-10(7)13)9-3-8(16)12(23-9,5-21-2)6-22-24(18,19)20/h4,8-9,16H,3,5-6H2,1-2H3,(H2,13,14,17)(H2,18,19,20)/t8-,9+,12+/m0/s1. The van der Waals surface area contributed by atoms with Gasteiger partial charge in [-0.15, -0.1) is 0 Å². The van der Waals surface area contributed by atoms with Gasteiger partial charge >= 0.3 is 13.5 Å².